The molecule has 1 saturated heterocycles. The van der Waals surface area contributed by atoms with Crippen LogP contribution in [0.25, 0.3) is 0 Å². The Bertz CT molecular complexity index is 145. The SMILES string of the molecule is CN(C(=O)CBr)C1CCOC1. The van der Waals surface area contributed by atoms with Gasteiger partial charge in [-0.25, -0.2) is 0 Å². The molecular weight excluding hydrogens is 210 g/mol. The molecule has 4 heteroatoms. The lowest BCUT2D eigenvalue weighted by atomic mass is 10.2. The van der Waals surface area contributed by atoms with Crippen molar-refractivity contribution in [3.8, 4) is 0 Å². The van der Waals surface area contributed by atoms with Crippen molar-refractivity contribution in [1.29, 1.82) is 0 Å². The van der Waals surface area contributed by atoms with E-state index in [-0.39, 0.29) is 5.91 Å². The number of nitrogens with zero attached hydrogens (tertiary/aromatic N) is 1. The van der Waals surface area contributed by atoms with Crippen LogP contribution in [0.4, 0.5) is 0 Å². The van der Waals surface area contributed by atoms with E-state index in [4.69, 9.17) is 4.74 Å². The molecule has 0 radical (unpaired) electrons. The van der Waals surface area contributed by atoms with Gasteiger partial charge in [-0.05, 0) is 6.42 Å². The summed E-state index contributed by atoms with van der Waals surface area (Å²) in [6.45, 7) is 1.47. The number of halogens is 1. The normalized spacial score (nSPS) is 23.6. The van der Waals surface area contributed by atoms with Gasteiger partial charge in [-0.3, -0.25) is 4.79 Å². The maximum absolute atomic E-state index is 11.1. The van der Waals surface area contributed by atoms with E-state index in [9.17, 15) is 4.79 Å². The standard InChI is InChI=1S/C7H12BrNO2/c1-9(7(10)4-8)6-2-3-11-5-6/h6H,2-5H2,1H3. The van der Waals surface area contributed by atoms with Crippen molar-refractivity contribution in [2.24, 2.45) is 0 Å². The number of amides is 1. The number of ether oxygens (including phenoxy) is 1. The number of likely N-dealkylation sites (N-methyl/N-ethyl adjacent to an activating group) is 1. The summed E-state index contributed by atoms with van der Waals surface area (Å²) < 4.78 is 5.16. The number of carbonyl (C=O) groups is 1. The van der Waals surface area contributed by atoms with Crippen molar-refractivity contribution < 1.29 is 9.53 Å². The summed E-state index contributed by atoms with van der Waals surface area (Å²) in [4.78, 5) is 12.9. The van der Waals surface area contributed by atoms with Gasteiger partial charge in [-0.15, -0.1) is 0 Å². The molecule has 0 aliphatic carbocycles. The highest BCUT2D eigenvalue weighted by Crippen LogP contribution is 2.10. The first kappa shape index (κ1) is 9.00. The smallest absolute Gasteiger partial charge is 0.233 e. The molecule has 0 bridgehead atoms. The van der Waals surface area contributed by atoms with Crippen LogP contribution in [0.3, 0.4) is 0 Å². The maximum Gasteiger partial charge on any atom is 0.233 e. The van der Waals surface area contributed by atoms with E-state index in [0.717, 1.165) is 13.0 Å². The van der Waals surface area contributed by atoms with Crippen LogP contribution in [-0.4, -0.2) is 42.4 Å². The Labute approximate surface area is 74.8 Å². The summed E-state index contributed by atoms with van der Waals surface area (Å²) in [6.07, 6.45) is 0.968. The zero-order chi connectivity index (χ0) is 8.27. The van der Waals surface area contributed by atoms with E-state index in [1.165, 1.54) is 0 Å². The first-order chi connectivity index (χ1) is 5.25. The molecule has 1 aliphatic heterocycles. The van der Waals surface area contributed by atoms with Crippen LogP contribution < -0.4 is 0 Å². The van der Waals surface area contributed by atoms with E-state index < -0.39 is 0 Å². The predicted octanol–water partition coefficient (Wildman–Crippen LogP) is 0.629. The Morgan fingerprint density at radius 2 is 2.55 bits per heavy atom. The molecular formula is C7H12BrNO2. The highest BCUT2D eigenvalue weighted by atomic mass is 79.9. The van der Waals surface area contributed by atoms with E-state index in [2.05, 4.69) is 15.9 Å². The molecule has 0 spiro atoms. The number of hydrogen-bond acceptors (Lipinski definition) is 2. The van der Waals surface area contributed by atoms with Crippen molar-refractivity contribution in [3.05, 3.63) is 0 Å². The number of carbonyl (C=O) groups excluding carboxylic acids is 1. The first-order valence-corrected chi connectivity index (χ1v) is 4.77. The Balaban J connectivity index is 2.39. The largest absolute Gasteiger partial charge is 0.379 e. The Kier molecular flexibility index (Phi) is 3.33. The minimum atomic E-state index is 0.125. The van der Waals surface area contributed by atoms with Crippen LogP contribution in [0.2, 0.25) is 0 Å². The van der Waals surface area contributed by atoms with Crippen LogP contribution in [0.15, 0.2) is 0 Å². The molecule has 0 aromatic carbocycles. The second-order valence-corrected chi connectivity index (χ2v) is 3.22. The zero-order valence-electron chi connectivity index (χ0n) is 6.55. The molecule has 1 unspecified atom stereocenters. The third kappa shape index (κ3) is 2.17. The molecule has 64 valence electrons. The summed E-state index contributed by atoms with van der Waals surface area (Å²) in [7, 11) is 1.82. The molecule has 0 N–H and O–H groups in total. The van der Waals surface area contributed by atoms with Gasteiger partial charge in [0, 0.05) is 13.7 Å². The van der Waals surface area contributed by atoms with Gasteiger partial charge in [0.1, 0.15) is 0 Å². The van der Waals surface area contributed by atoms with Crippen LogP contribution in [0, 0.1) is 0 Å². The fourth-order valence-corrected chi connectivity index (χ4v) is 1.52. The number of hydrogen-bond donors (Lipinski definition) is 0. The zero-order valence-corrected chi connectivity index (χ0v) is 8.13. The Hall–Kier alpha value is -0.0900. The van der Waals surface area contributed by atoms with Crippen LogP contribution in [0.5, 0.6) is 0 Å². The summed E-state index contributed by atoms with van der Waals surface area (Å²) in [6, 6.07) is 0.292. The third-order valence-electron chi connectivity index (χ3n) is 1.96. The molecule has 1 heterocycles. The molecule has 3 nitrogen and oxygen atoms in total. The van der Waals surface area contributed by atoms with Crippen molar-refractivity contribution in [2.45, 2.75) is 12.5 Å². The second-order valence-electron chi connectivity index (χ2n) is 2.66. The Morgan fingerprint density at radius 1 is 1.82 bits per heavy atom. The lowest BCUT2D eigenvalue weighted by Gasteiger charge is -2.21. The lowest BCUT2D eigenvalue weighted by molar-refractivity contribution is -0.129. The number of alkyl halides is 1. The quantitative estimate of drug-likeness (QED) is 0.641. The van der Waals surface area contributed by atoms with Crippen molar-refractivity contribution in [2.75, 3.05) is 25.6 Å². The molecule has 1 fully saturated rings. The average Bonchev–Trinajstić information content (AvgIpc) is 2.53. The van der Waals surface area contributed by atoms with E-state index in [1.54, 1.807) is 4.90 Å². The first-order valence-electron chi connectivity index (χ1n) is 3.65. The molecule has 1 amide bonds. The topological polar surface area (TPSA) is 29.5 Å². The monoisotopic (exact) mass is 221 g/mol. The molecule has 0 saturated carbocycles. The number of rotatable bonds is 2. The second kappa shape index (κ2) is 4.07. The van der Waals surface area contributed by atoms with Crippen molar-refractivity contribution in [1.82, 2.24) is 4.90 Å². The van der Waals surface area contributed by atoms with Gasteiger partial charge >= 0.3 is 0 Å². The lowest BCUT2D eigenvalue weighted by Crippen LogP contribution is -2.37. The predicted molar refractivity (Wildman–Crippen MR) is 45.8 cm³/mol. The van der Waals surface area contributed by atoms with E-state index in [1.807, 2.05) is 7.05 Å². The highest BCUT2D eigenvalue weighted by Gasteiger charge is 2.22. The molecule has 0 aromatic heterocycles. The fourth-order valence-electron chi connectivity index (χ4n) is 1.13. The minimum Gasteiger partial charge on any atom is -0.379 e. The van der Waals surface area contributed by atoms with Crippen LogP contribution in [0.1, 0.15) is 6.42 Å². The average molecular weight is 222 g/mol. The Morgan fingerprint density at radius 3 is 3.00 bits per heavy atom. The van der Waals surface area contributed by atoms with Crippen molar-refractivity contribution >= 4 is 21.8 Å². The van der Waals surface area contributed by atoms with Crippen LogP contribution in [-0.2, 0) is 9.53 Å². The summed E-state index contributed by atoms with van der Waals surface area (Å²) in [5.41, 5.74) is 0. The molecule has 1 rings (SSSR count). The fraction of sp³-hybridized carbons (Fsp3) is 0.857. The van der Waals surface area contributed by atoms with Gasteiger partial charge in [-0.1, -0.05) is 15.9 Å². The highest BCUT2D eigenvalue weighted by molar-refractivity contribution is 9.09. The van der Waals surface area contributed by atoms with Gasteiger partial charge in [-0.2, -0.15) is 0 Å². The van der Waals surface area contributed by atoms with Gasteiger partial charge in [0.05, 0.1) is 18.0 Å². The minimum absolute atomic E-state index is 0.125. The van der Waals surface area contributed by atoms with Gasteiger partial charge in [0.15, 0.2) is 0 Å². The molecule has 1 aliphatic rings. The molecule has 0 aromatic rings. The third-order valence-corrected chi connectivity index (χ3v) is 2.44. The maximum atomic E-state index is 11.1. The van der Waals surface area contributed by atoms with E-state index >= 15 is 0 Å². The van der Waals surface area contributed by atoms with Gasteiger partial charge in [0.2, 0.25) is 5.91 Å². The van der Waals surface area contributed by atoms with E-state index in [0.29, 0.717) is 18.0 Å². The van der Waals surface area contributed by atoms with Crippen LogP contribution >= 0.6 is 15.9 Å². The summed E-state index contributed by atoms with van der Waals surface area (Å²) in [5.74, 6) is 0.125. The van der Waals surface area contributed by atoms with Crippen molar-refractivity contribution in [3.63, 3.8) is 0 Å². The summed E-state index contributed by atoms with van der Waals surface area (Å²) in [5, 5.41) is 0.403. The van der Waals surface area contributed by atoms with Gasteiger partial charge in [0.25, 0.3) is 0 Å². The van der Waals surface area contributed by atoms with Gasteiger partial charge < -0.3 is 9.64 Å². The molecule has 1 atom stereocenters. The summed E-state index contributed by atoms with van der Waals surface area (Å²) >= 11 is 3.13. The molecule has 11 heavy (non-hydrogen) atoms.